The number of likely N-dealkylation sites (tertiary alicyclic amines) is 1. The Balaban J connectivity index is 1.44. The van der Waals surface area contributed by atoms with Gasteiger partial charge in [-0.05, 0) is 62.9 Å². The van der Waals surface area contributed by atoms with Gasteiger partial charge in [0.25, 0.3) is 0 Å². The van der Waals surface area contributed by atoms with Gasteiger partial charge in [0, 0.05) is 25.0 Å². The third kappa shape index (κ3) is 4.84. The van der Waals surface area contributed by atoms with E-state index in [1.165, 1.54) is 50.8 Å². The maximum atomic E-state index is 5.23. The third-order valence-electron chi connectivity index (χ3n) is 5.10. The molecule has 1 unspecified atom stereocenters. The quantitative estimate of drug-likeness (QED) is 0.739. The maximum absolute atomic E-state index is 5.23. The minimum Gasteiger partial charge on any atom is -0.497 e. The van der Waals surface area contributed by atoms with E-state index in [0.29, 0.717) is 0 Å². The number of aryl methyl sites for hydroxylation is 2. The topological polar surface area (TPSA) is 30.3 Å². The summed E-state index contributed by atoms with van der Waals surface area (Å²) >= 11 is 0. The van der Waals surface area contributed by atoms with Crippen LogP contribution >= 0.6 is 0 Å². The Morgan fingerprint density at radius 2 is 2.04 bits per heavy atom. The molecule has 1 aromatic carbocycles. The Labute approximate surface area is 145 Å². The highest BCUT2D eigenvalue weighted by Gasteiger charge is 2.21. The minimum atomic E-state index is 0.733. The van der Waals surface area contributed by atoms with Crippen LogP contribution in [-0.2, 0) is 13.0 Å². The summed E-state index contributed by atoms with van der Waals surface area (Å²) < 4.78 is 7.42. The number of methoxy groups -OCH3 is 1. The van der Waals surface area contributed by atoms with Crippen LogP contribution in [0.25, 0.3) is 0 Å². The molecule has 0 aliphatic carbocycles. The van der Waals surface area contributed by atoms with Crippen molar-refractivity contribution in [1.82, 2.24) is 14.5 Å². The van der Waals surface area contributed by atoms with Gasteiger partial charge in [0.1, 0.15) is 5.75 Å². The van der Waals surface area contributed by atoms with Gasteiger partial charge in [-0.25, -0.2) is 4.98 Å². The molecule has 0 N–H and O–H groups in total. The normalized spacial score (nSPS) is 18.6. The van der Waals surface area contributed by atoms with Crippen LogP contribution in [-0.4, -0.2) is 40.7 Å². The van der Waals surface area contributed by atoms with Gasteiger partial charge >= 0.3 is 0 Å². The number of piperidine rings is 1. The highest BCUT2D eigenvalue weighted by atomic mass is 16.5. The van der Waals surface area contributed by atoms with E-state index < -0.39 is 0 Å². The molecule has 1 saturated heterocycles. The van der Waals surface area contributed by atoms with E-state index in [9.17, 15) is 0 Å². The second-order valence-corrected chi connectivity index (χ2v) is 6.73. The second kappa shape index (κ2) is 8.88. The molecule has 24 heavy (non-hydrogen) atoms. The molecule has 0 bridgehead atoms. The molecule has 0 radical (unpaired) electrons. The Hall–Kier alpha value is -1.81. The molecule has 3 rings (SSSR count). The molecule has 1 atom stereocenters. The smallest absolute Gasteiger partial charge is 0.118 e. The van der Waals surface area contributed by atoms with Crippen LogP contribution in [0.4, 0.5) is 0 Å². The van der Waals surface area contributed by atoms with Gasteiger partial charge in [-0.1, -0.05) is 18.6 Å². The van der Waals surface area contributed by atoms with Gasteiger partial charge in [-0.15, -0.1) is 0 Å². The van der Waals surface area contributed by atoms with Crippen molar-refractivity contribution in [2.75, 3.05) is 20.2 Å². The summed E-state index contributed by atoms with van der Waals surface area (Å²) in [6, 6.07) is 9.22. The third-order valence-corrected chi connectivity index (χ3v) is 5.10. The number of hydrogen-bond donors (Lipinski definition) is 0. The summed E-state index contributed by atoms with van der Waals surface area (Å²) in [4.78, 5) is 6.85. The number of aromatic nitrogens is 2. The van der Waals surface area contributed by atoms with Crippen LogP contribution in [0, 0.1) is 0 Å². The van der Waals surface area contributed by atoms with Gasteiger partial charge < -0.3 is 14.2 Å². The molecule has 2 heterocycles. The first-order valence-electron chi connectivity index (χ1n) is 9.18. The number of hydrogen-bond acceptors (Lipinski definition) is 3. The predicted octanol–water partition coefficient (Wildman–Crippen LogP) is 3.77. The largest absolute Gasteiger partial charge is 0.497 e. The summed E-state index contributed by atoms with van der Waals surface area (Å²) in [6.45, 7) is 3.55. The molecule has 2 aromatic rings. The Bertz CT molecular complexity index is 579. The van der Waals surface area contributed by atoms with Crippen molar-refractivity contribution >= 4 is 0 Å². The van der Waals surface area contributed by atoms with Crippen LogP contribution in [0.5, 0.6) is 5.75 Å². The lowest BCUT2D eigenvalue weighted by molar-refractivity contribution is 0.134. The van der Waals surface area contributed by atoms with Crippen molar-refractivity contribution in [3.8, 4) is 5.75 Å². The zero-order chi connectivity index (χ0) is 16.6. The van der Waals surface area contributed by atoms with Crippen molar-refractivity contribution in [2.45, 2.75) is 51.1 Å². The molecule has 4 heteroatoms. The maximum Gasteiger partial charge on any atom is 0.118 e. The van der Waals surface area contributed by atoms with E-state index in [1.54, 1.807) is 7.11 Å². The van der Waals surface area contributed by atoms with E-state index in [0.717, 1.165) is 24.8 Å². The molecule has 1 fully saturated rings. The molecular weight excluding hydrogens is 298 g/mol. The van der Waals surface area contributed by atoms with Crippen LogP contribution in [0.3, 0.4) is 0 Å². The highest BCUT2D eigenvalue weighted by molar-refractivity contribution is 5.27. The number of rotatable bonds is 8. The molecule has 4 nitrogen and oxygen atoms in total. The summed E-state index contributed by atoms with van der Waals surface area (Å²) in [5, 5.41) is 0. The first-order valence-corrected chi connectivity index (χ1v) is 9.18. The SMILES string of the molecule is COc1ccc(CCCN2CCCCC2CCn2ccnc2)cc1. The first kappa shape index (κ1) is 17.0. The Kier molecular flexibility index (Phi) is 6.30. The number of ether oxygens (including phenoxy) is 1. The average molecular weight is 327 g/mol. The molecule has 130 valence electrons. The lowest BCUT2D eigenvalue weighted by Crippen LogP contribution is -2.40. The summed E-state index contributed by atoms with van der Waals surface area (Å²) in [6.07, 6.45) is 13.5. The van der Waals surface area contributed by atoms with Gasteiger partial charge in [0.2, 0.25) is 0 Å². The Morgan fingerprint density at radius 1 is 1.17 bits per heavy atom. The minimum absolute atomic E-state index is 0.733. The summed E-state index contributed by atoms with van der Waals surface area (Å²) in [7, 11) is 1.72. The van der Waals surface area contributed by atoms with E-state index in [4.69, 9.17) is 4.74 Å². The van der Waals surface area contributed by atoms with Crippen LogP contribution in [0.1, 0.15) is 37.7 Å². The summed E-state index contributed by atoms with van der Waals surface area (Å²) in [5.41, 5.74) is 1.41. The zero-order valence-corrected chi connectivity index (χ0v) is 14.7. The number of imidazole rings is 1. The average Bonchev–Trinajstić information content (AvgIpc) is 3.15. The highest BCUT2D eigenvalue weighted by Crippen LogP contribution is 2.21. The monoisotopic (exact) mass is 327 g/mol. The van der Waals surface area contributed by atoms with E-state index in [-0.39, 0.29) is 0 Å². The van der Waals surface area contributed by atoms with Crippen molar-refractivity contribution in [1.29, 1.82) is 0 Å². The van der Waals surface area contributed by atoms with Crippen molar-refractivity contribution in [2.24, 2.45) is 0 Å². The molecule has 0 saturated carbocycles. The van der Waals surface area contributed by atoms with Gasteiger partial charge in [-0.3, -0.25) is 0 Å². The van der Waals surface area contributed by atoms with Crippen molar-refractivity contribution < 1.29 is 4.74 Å². The molecule has 0 amide bonds. The van der Waals surface area contributed by atoms with Crippen molar-refractivity contribution in [3.63, 3.8) is 0 Å². The molecule has 1 aliphatic heterocycles. The van der Waals surface area contributed by atoms with E-state index in [2.05, 4.69) is 44.9 Å². The summed E-state index contributed by atoms with van der Waals surface area (Å²) in [5.74, 6) is 0.939. The van der Waals surface area contributed by atoms with Gasteiger partial charge in [-0.2, -0.15) is 0 Å². The van der Waals surface area contributed by atoms with E-state index >= 15 is 0 Å². The number of benzene rings is 1. The second-order valence-electron chi connectivity index (χ2n) is 6.73. The lowest BCUT2D eigenvalue weighted by atomic mass is 9.98. The fraction of sp³-hybridized carbons (Fsp3) is 0.550. The molecule has 1 aromatic heterocycles. The molecule has 0 spiro atoms. The molecular formula is C20H29N3O. The molecule has 1 aliphatic rings. The lowest BCUT2D eigenvalue weighted by Gasteiger charge is -2.36. The predicted molar refractivity (Wildman–Crippen MR) is 97.4 cm³/mol. The van der Waals surface area contributed by atoms with Crippen LogP contribution in [0.15, 0.2) is 43.0 Å². The standard InChI is InChI=1S/C20H29N3O/c1-24-20-9-7-18(8-10-20)5-4-14-23-13-3-2-6-19(23)11-15-22-16-12-21-17-22/h7-10,12,16-17,19H,2-6,11,13-15H2,1H3. The van der Waals surface area contributed by atoms with Crippen LogP contribution < -0.4 is 4.74 Å². The zero-order valence-electron chi connectivity index (χ0n) is 14.7. The van der Waals surface area contributed by atoms with E-state index in [1.807, 2.05) is 12.5 Å². The van der Waals surface area contributed by atoms with Crippen molar-refractivity contribution in [3.05, 3.63) is 48.5 Å². The van der Waals surface area contributed by atoms with Gasteiger partial charge in [0.05, 0.1) is 13.4 Å². The fourth-order valence-electron chi connectivity index (χ4n) is 3.68. The first-order chi connectivity index (χ1) is 11.8. The fourth-order valence-corrected chi connectivity index (χ4v) is 3.68. The van der Waals surface area contributed by atoms with Gasteiger partial charge in [0.15, 0.2) is 0 Å². The Morgan fingerprint density at radius 3 is 2.79 bits per heavy atom. The number of nitrogens with zero attached hydrogens (tertiary/aromatic N) is 3. The van der Waals surface area contributed by atoms with Crippen LogP contribution in [0.2, 0.25) is 0 Å².